The minimum Gasteiger partial charge on any atom is -0.392 e. The molecule has 1 rings (SSSR count). The highest BCUT2D eigenvalue weighted by Gasteiger charge is 2.10. The van der Waals surface area contributed by atoms with Crippen molar-refractivity contribution in [3.63, 3.8) is 0 Å². The fourth-order valence-electron chi connectivity index (χ4n) is 1.94. The van der Waals surface area contributed by atoms with Gasteiger partial charge in [-0.3, -0.25) is 0 Å². The molecule has 0 unspecified atom stereocenters. The second-order valence-corrected chi connectivity index (χ2v) is 4.17. The second-order valence-electron chi connectivity index (χ2n) is 4.17. The molecule has 1 N–H and O–H groups in total. The van der Waals surface area contributed by atoms with Crippen molar-refractivity contribution in [1.82, 2.24) is 0 Å². The molecule has 4 nitrogen and oxygen atoms in total. The van der Waals surface area contributed by atoms with Crippen molar-refractivity contribution < 1.29 is 14.6 Å². The smallest absolute Gasteiger partial charge is 0.0702 e. The molecular formula is C15H25NO3. The normalized spacial score (nSPS) is 10.7. The van der Waals surface area contributed by atoms with Crippen molar-refractivity contribution >= 4 is 5.69 Å². The number of hydrogen-bond acceptors (Lipinski definition) is 4. The summed E-state index contributed by atoms with van der Waals surface area (Å²) in [6, 6.07) is 7.91. The van der Waals surface area contributed by atoms with Gasteiger partial charge in [-0.15, -0.1) is 0 Å². The first kappa shape index (κ1) is 16.0. The third kappa shape index (κ3) is 5.59. The van der Waals surface area contributed by atoms with E-state index in [2.05, 4.69) is 4.90 Å². The first-order valence-corrected chi connectivity index (χ1v) is 6.92. The molecule has 0 bridgehead atoms. The largest absolute Gasteiger partial charge is 0.392 e. The van der Waals surface area contributed by atoms with Crippen molar-refractivity contribution in [2.45, 2.75) is 20.5 Å². The Morgan fingerprint density at radius 3 is 2.11 bits per heavy atom. The lowest BCUT2D eigenvalue weighted by molar-refractivity contribution is 0.141. The average Bonchev–Trinajstić information content (AvgIpc) is 2.46. The minimum absolute atomic E-state index is 0.0515. The van der Waals surface area contributed by atoms with Gasteiger partial charge in [0.05, 0.1) is 19.8 Å². The number of aliphatic hydroxyl groups is 1. The van der Waals surface area contributed by atoms with Crippen molar-refractivity contribution in [2.24, 2.45) is 0 Å². The van der Waals surface area contributed by atoms with Crippen LogP contribution in [0.4, 0.5) is 5.69 Å². The molecule has 0 saturated heterocycles. The number of para-hydroxylation sites is 1. The maximum absolute atomic E-state index is 9.42. The van der Waals surface area contributed by atoms with E-state index in [4.69, 9.17) is 9.47 Å². The van der Waals surface area contributed by atoms with Gasteiger partial charge in [0.25, 0.3) is 0 Å². The Hall–Kier alpha value is -1.10. The Morgan fingerprint density at radius 2 is 1.58 bits per heavy atom. The van der Waals surface area contributed by atoms with Gasteiger partial charge in [0.2, 0.25) is 0 Å². The van der Waals surface area contributed by atoms with E-state index in [1.807, 2.05) is 38.1 Å². The van der Waals surface area contributed by atoms with Crippen LogP contribution in [0.3, 0.4) is 0 Å². The fraction of sp³-hybridized carbons (Fsp3) is 0.600. The van der Waals surface area contributed by atoms with E-state index in [9.17, 15) is 5.11 Å². The summed E-state index contributed by atoms with van der Waals surface area (Å²) in [5.41, 5.74) is 2.00. The molecule has 0 radical (unpaired) electrons. The van der Waals surface area contributed by atoms with Gasteiger partial charge >= 0.3 is 0 Å². The average molecular weight is 267 g/mol. The summed E-state index contributed by atoms with van der Waals surface area (Å²) in [4.78, 5) is 2.21. The molecular weight excluding hydrogens is 242 g/mol. The number of ether oxygens (including phenoxy) is 2. The van der Waals surface area contributed by atoms with Gasteiger partial charge in [-0.1, -0.05) is 18.2 Å². The molecule has 0 atom stereocenters. The van der Waals surface area contributed by atoms with Crippen LogP contribution in [0.2, 0.25) is 0 Å². The summed E-state index contributed by atoms with van der Waals surface area (Å²) in [5.74, 6) is 0. The summed E-state index contributed by atoms with van der Waals surface area (Å²) in [6.07, 6.45) is 0. The van der Waals surface area contributed by atoms with E-state index < -0.39 is 0 Å². The predicted octanol–water partition coefficient (Wildman–Crippen LogP) is 2.06. The van der Waals surface area contributed by atoms with E-state index in [0.29, 0.717) is 13.2 Å². The van der Waals surface area contributed by atoms with Crippen LogP contribution in [0.1, 0.15) is 19.4 Å². The molecule has 1 aromatic rings. The zero-order valence-corrected chi connectivity index (χ0v) is 12.0. The quantitative estimate of drug-likeness (QED) is 0.659. The third-order valence-corrected chi connectivity index (χ3v) is 2.92. The van der Waals surface area contributed by atoms with Crippen LogP contribution in [0, 0.1) is 0 Å². The van der Waals surface area contributed by atoms with Crippen LogP contribution in [-0.2, 0) is 16.1 Å². The molecule has 1 aromatic carbocycles. The van der Waals surface area contributed by atoms with Gasteiger partial charge in [0.15, 0.2) is 0 Å². The Kier molecular flexibility index (Phi) is 8.21. The molecule has 0 fully saturated rings. The number of aliphatic hydroxyl groups excluding tert-OH is 1. The number of anilines is 1. The van der Waals surface area contributed by atoms with Crippen LogP contribution in [0.15, 0.2) is 24.3 Å². The lowest BCUT2D eigenvalue weighted by atomic mass is 10.1. The topological polar surface area (TPSA) is 41.9 Å². The maximum atomic E-state index is 9.42. The molecule has 0 spiro atoms. The van der Waals surface area contributed by atoms with E-state index in [1.54, 1.807) is 0 Å². The molecule has 108 valence electrons. The first-order chi connectivity index (χ1) is 9.33. The Morgan fingerprint density at radius 1 is 1.00 bits per heavy atom. The Bertz CT molecular complexity index is 334. The standard InChI is InChI=1S/C15H25NO3/c1-3-18-11-9-16(10-12-19-4-2)15-8-6-5-7-14(15)13-17/h5-8,17H,3-4,9-13H2,1-2H3. The van der Waals surface area contributed by atoms with Gasteiger partial charge in [-0.25, -0.2) is 0 Å². The number of nitrogens with zero attached hydrogens (tertiary/aromatic N) is 1. The zero-order valence-electron chi connectivity index (χ0n) is 12.0. The van der Waals surface area contributed by atoms with Gasteiger partial charge in [-0.05, 0) is 19.9 Å². The summed E-state index contributed by atoms with van der Waals surface area (Å²) >= 11 is 0. The summed E-state index contributed by atoms with van der Waals surface area (Å²) in [7, 11) is 0. The fourth-order valence-corrected chi connectivity index (χ4v) is 1.94. The van der Waals surface area contributed by atoms with E-state index >= 15 is 0 Å². The highest BCUT2D eigenvalue weighted by Crippen LogP contribution is 2.20. The van der Waals surface area contributed by atoms with Crippen LogP contribution in [0.5, 0.6) is 0 Å². The summed E-state index contributed by atoms with van der Waals surface area (Å²) < 4.78 is 10.8. The van der Waals surface area contributed by atoms with E-state index in [1.165, 1.54) is 0 Å². The Balaban J connectivity index is 2.69. The Labute approximate surface area is 115 Å². The maximum Gasteiger partial charge on any atom is 0.0702 e. The molecule has 0 aliphatic heterocycles. The van der Waals surface area contributed by atoms with Gasteiger partial charge in [-0.2, -0.15) is 0 Å². The van der Waals surface area contributed by atoms with Crippen molar-refractivity contribution in [3.8, 4) is 0 Å². The lowest BCUT2D eigenvalue weighted by Gasteiger charge is -2.26. The van der Waals surface area contributed by atoms with E-state index in [-0.39, 0.29) is 6.61 Å². The second kappa shape index (κ2) is 9.78. The first-order valence-electron chi connectivity index (χ1n) is 6.92. The third-order valence-electron chi connectivity index (χ3n) is 2.92. The number of benzene rings is 1. The zero-order chi connectivity index (χ0) is 13.9. The lowest BCUT2D eigenvalue weighted by Crippen LogP contribution is -2.31. The van der Waals surface area contributed by atoms with Crippen molar-refractivity contribution in [1.29, 1.82) is 0 Å². The predicted molar refractivity (Wildman–Crippen MR) is 77.6 cm³/mol. The molecule has 0 aliphatic carbocycles. The van der Waals surface area contributed by atoms with Gasteiger partial charge in [0, 0.05) is 37.6 Å². The molecule has 4 heteroatoms. The van der Waals surface area contributed by atoms with Crippen LogP contribution in [0.25, 0.3) is 0 Å². The molecule has 0 aliphatic rings. The van der Waals surface area contributed by atoms with Crippen LogP contribution in [-0.4, -0.2) is 44.6 Å². The van der Waals surface area contributed by atoms with Crippen LogP contribution < -0.4 is 4.90 Å². The van der Waals surface area contributed by atoms with Crippen molar-refractivity contribution in [3.05, 3.63) is 29.8 Å². The van der Waals surface area contributed by atoms with Gasteiger partial charge < -0.3 is 19.5 Å². The molecule has 0 amide bonds. The minimum atomic E-state index is 0.0515. The van der Waals surface area contributed by atoms with E-state index in [0.717, 1.165) is 37.6 Å². The molecule has 0 saturated carbocycles. The number of rotatable bonds is 10. The van der Waals surface area contributed by atoms with Crippen LogP contribution >= 0.6 is 0 Å². The summed E-state index contributed by atoms with van der Waals surface area (Å²) in [6.45, 7) is 8.46. The molecule has 0 aromatic heterocycles. The summed E-state index contributed by atoms with van der Waals surface area (Å²) in [5, 5.41) is 9.42. The molecule has 0 heterocycles. The SMILES string of the molecule is CCOCCN(CCOCC)c1ccccc1CO. The monoisotopic (exact) mass is 267 g/mol. The van der Waals surface area contributed by atoms with Crippen molar-refractivity contribution in [2.75, 3.05) is 44.4 Å². The highest BCUT2D eigenvalue weighted by atomic mass is 16.5. The molecule has 19 heavy (non-hydrogen) atoms. The van der Waals surface area contributed by atoms with Gasteiger partial charge in [0.1, 0.15) is 0 Å². The number of hydrogen-bond donors (Lipinski definition) is 1. The highest BCUT2D eigenvalue weighted by molar-refractivity contribution is 5.53.